The van der Waals surface area contributed by atoms with Gasteiger partial charge in [-0.1, -0.05) is 30.3 Å². The minimum absolute atomic E-state index is 0.152. The van der Waals surface area contributed by atoms with Gasteiger partial charge >= 0.3 is 6.03 Å². The maximum absolute atomic E-state index is 11.5. The molecule has 1 atom stereocenters. The average Bonchev–Trinajstić information content (AvgIpc) is 3.13. The summed E-state index contributed by atoms with van der Waals surface area (Å²) in [5, 5.41) is 5.63. The van der Waals surface area contributed by atoms with Gasteiger partial charge in [-0.3, -0.25) is 0 Å². The molecule has 2 aliphatic heterocycles. The Kier molecular flexibility index (Phi) is 4.19. The zero-order valence-electron chi connectivity index (χ0n) is 13.4. The van der Waals surface area contributed by atoms with E-state index in [0.29, 0.717) is 19.8 Å². The predicted molar refractivity (Wildman–Crippen MR) is 91.7 cm³/mol. The highest BCUT2D eigenvalue weighted by atomic mass is 16.5. The first kappa shape index (κ1) is 15.2. The number of nitrogens with one attached hydrogen (secondary N) is 2. The quantitative estimate of drug-likeness (QED) is 0.907. The van der Waals surface area contributed by atoms with Gasteiger partial charge in [-0.25, -0.2) is 4.79 Å². The maximum Gasteiger partial charge on any atom is 0.319 e. The molecule has 4 rings (SSSR count). The monoisotopic (exact) mass is 324 g/mol. The zero-order chi connectivity index (χ0) is 16.4. The van der Waals surface area contributed by atoms with Crippen LogP contribution in [0.15, 0.2) is 42.5 Å². The van der Waals surface area contributed by atoms with Crippen LogP contribution in [0.5, 0.6) is 0 Å². The highest BCUT2D eigenvalue weighted by Gasteiger charge is 2.16. The maximum atomic E-state index is 11.5. The number of fused-ring (bicyclic) bond motifs is 1. The van der Waals surface area contributed by atoms with Crippen LogP contribution in [0.4, 0.5) is 10.5 Å². The van der Waals surface area contributed by atoms with Crippen LogP contribution >= 0.6 is 0 Å². The van der Waals surface area contributed by atoms with Crippen molar-refractivity contribution < 1.29 is 14.3 Å². The number of hydrogen-bond donors (Lipinski definition) is 2. The Morgan fingerprint density at radius 3 is 2.96 bits per heavy atom. The Hall–Kier alpha value is -2.37. The van der Waals surface area contributed by atoms with Crippen LogP contribution < -0.4 is 10.6 Å². The second-order valence-corrected chi connectivity index (χ2v) is 6.18. The number of ether oxygens (including phenoxy) is 2. The van der Waals surface area contributed by atoms with Crippen LogP contribution in [-0.4, -0.2) is 25.3 Å². The average molecular weight is 324 g/mol. The van der Waals surface area contributed by atoms with Crippen LogP contribution in [-0.2, 0) is 22.6 Å². The number of carbonyl (C=O) groups excluding carboxylic acids is 1. The number of anilines is 1. The van der Waals surface area contributed by atoms with Crippen molar-refractivity contribution in [1.29, 1.82) is 0 Å². The smallest absolute Gasteiger partial charge is 0.319 e. The Labute approximate surface area is 141 Å². The molecule has 0 saturated carbocycles. The second kappa shape index (κ2) is 6.63. The van der Waals surface area contributed by atoms with Crippen molar-refractivity contribution in [1.82, 2.24) is 5.32 Å². The summed E-state index contributed by atoms with van der Waals surface area (Å²) in [6, 6.07) is 14.3. The summed E-state index contributed by atoms with van der Waals surface area (Å²) in [4.78, 5) is 11.5. The van der Waals surface area contributed by atoms with Crippen molar-refractivity contribution in [3.63, 3.8) is 0 Å². The first-order valence-corrected chi connectivity index (χ1v) is 8.24. The van der Waals surface area contributed by atoms with Crippen LogP contribution in [0.3, 0.4) is 0 Å². The molecule has 1 unspecified atom stereocenters. The molecule has 24 heavy (non-hydrogen) atoms. The number of urea groups is 1. The van der Waals surface area contributed by atoms with E-state index in [-0.39, 0.29) is 12.1 Å². The molecule has 5 nitrogen and oxygen atoms in total. The Bertz CT molecular complexity index is 754. The number of carbonyl (C=O) groups is 1. The van der Waals surface area contributed by atoms with Gasteiger partial charge in [0.05, 0.1) is 19.3 Å². The lowest BCUT2D eigenvalue weighted by Gasteiger charge is -2.19. The molecule has 2 amide bonds. The lowest BCUT2D eigenvalue weighted by molar-refractivity contribution is 0.0318. The Balaban J connectivity index is 1.52. The highest BCUT2D eigenvalue weighted by Crippen LogP contribution is 2.28. The summed E-state index contributed by atoms with van der Waals surface area (Å²) in [6.07, 6.45) is 1.18. The van der Waals surface area contributed by atoms with Crippen LogP contribution in [0.1, 0.15) is 17.5 Å². The fraction of sp³-hybridized carbons (Fsp3) is 0.316. The van der Waals surface area contributed by atoms with Gasteiger partial charge < -0.3 is 20.1 Å². The molecule has 124 valence electrons. The van der Waals surface area contributed by atoms with E-state index < -0.39 is 0 Å². The predicted octanol–water partition coefficient (Wildman–Crippen LogP) is 3.29. The van der Waals surface area contributed by atoms with Crippen molar-refractivity contribution in [2.75, 3.05) is 18.5 Å². The van der Waals surface area contributed by atoms with E-state index in [4.69, 9.17) is 9.47 Å². The minimum atomic E-state index is -0.152. The molecule has 2 aromatic rings. The van der Waals surface area contributed by atoms with Crippen LogP contribution in [0, 0.1) is 0 Å². The summed E-state index contributed by atoms with van der Waals surface area (Å²) in [6.45, 7) is 2.64. The molecule has 0 spiro atoms. The summed E-state index contributed by atoms with van der Waals surface area (Å²) >= 11 is 0. The molecule has 5 heteroatoms. The molecular weight excluding hydrogens is 304 g/mol. The highest BCUT2D eigenvalue weighted by molar-refractivity contribution is 5.93. The van der Waals surface area contributed by atoms with Gasteiger partial charge in [0.2, 0.25) is 0 Å². The first-order valence-electron chi connectivity index (χ1n) is 8.24. The third kappa shape index (κ3) is 3.27. The third-order valence-electron chi connectivity index (χ3n) is 4.43. The number of hydrogen-bond acceptors (Lipinski definition) is 3. The van der Waals surface area contributed by atoms with E-state index in [0.717, 1.165) is 41.0 Å². The summed E-state index contributed by atoms with van der Waals surface area (Å²) in [5.41, 5.74) is 5.32. The molecule has 2 aliphatic rings. The molecule has 1 saturated heterocycles. The molecule has 2 heterocycles. The van der Waals surface area contributed by atoms with Gasteiger partial charge in [-0.05, 0) is 40.8 Å². The lowest BCUT2D eigenvalue weighted by atomic mass is 10.00. The largest absolute Gasteiger partial charge is 0.379 e. The van der Waals surface area contributed by atoms with E-state index in [2.05, 4.69) is 41.0 Å². The molecule has 1 fully saturated rings. The molecule has 0 bridgehead atoms. The SMILES string of the molecule is O=C1NCc2ccc(-c3cccc(COC4CCOC4)c3)cc2N1. The molecule has 0 radical (unpaired) electrons. The van der Waals surface area contributed by atoms with Gasteiger partial charge in [-0.15, -0.1) is 0 Å². The van der Waals surface area contributed by atoms with Crippen LogP contribution in [0.2, 0.25) is 0 Å². The first-order chi connectivity index (χ1) is 11.8. The summed E-state index contributed by atoms with van der Waals surface area (Å²) < 4.78 is 11.2. The molecule has 0 aromatic heterocycles. The number of amides is 2. The Morgan fingerprint density at radius 2 is 2.08 bits per heavy atom. The van der Waals surface area contributed by atoms with Crippen molar-refractivity contribution in [2.45, 2.75) is 25.7 Å². The topological polar surface area (TPSA) is 59.6 Å². The summed E-state index contributed by atoms with van der Waals surface area (Å²) in [7, 11) is 0. The van der Waals surface area contributed by atoms with Gasteiger partial charge in [0.1, 0.15) is 0 Å². The van der Waals surface area contributed by atoms with Crippen molar-refractivity contribution >= 4 is 11.7 Å². The number of rotatable bonds is 4. The molecule has 2 N–H and O–H groups in total. The fourth-order valence-corrected chi connectivity index (χ4v) is 3.07. The normalized spacial score (nSPS) is 19.5. The molecule has 2 aromatic carbocycles. The standard InChI is InChI=1S/C19H20N2O3/c22-19-20-10-16-5-4-15(9-18(16)21-19)14-3-1-2-13(8-14)11-24-17-6-7-23-12-17/h1-5,8-9,17H,6-7,10-12H2,(H2,20,21,22). The van der Waals surface area contributed by atoms with Crippen molar-refractivity contribution in [3.8, 4) is 11.1 Å². The van der Waals surface area contributed by atoms with E-state index >= 15 is 0 Å². The summed E-state index contributed by atoms with van der Waals surface area (Å²) in [5.74, 6) is 0. The van der Waals surface area contributed by atoms with Crippen LogP contribution in [0.25, 0.3) is 11.1 Å². The van der Waals surface area contributed by atoms with E-state index in [9.17, 15) is 4.79 Å². The van der Waals surface area contributed by atoms with E-state index in [1.807, 2.05) is 12.1 Å². The van der Waals surface area contributed by atoms with Gasteiger partial charge in [-0.2, -0.15) is 0 Å². The second-order valence-electron chi connectivity index (χ2n) is 6.18. The Morgan fingerprint density at radius 1 is 1.17 bits per heavy atom. The molecular formula is C19H20N2O3. The minimum Gasteiger partial charge on any atom is -0.379 e. The third-order valence-corrected chi connectivity index (χ3v) is 4.43. The molecule has 0 aliphatic carbocycles. The van der Waals surface area contributed by atoms with Crippen molar-refractivity contribution in [2.24, 2.45) is 0 Å². The van der Waals surface area contributed by atoms with Gasteiger partial charge in [0.15, 0.2) is 0 Å². The fourth-order valence-electron chi connectivity index (χ4n) is 3.07. The van der Waals surface area contributed by atoms with Crippen molar-refractivity contribution in [3.05, 3.63) is 53.6 Å². The van der Waals surface area contributed by atoms with E-state index in [1.165, 1.54) is 0 Å². The van der Waals surface area contributed by atoms with Gasteiger partial charge in [0, 0.05) is 18.8 Å². The number of benzene rings is 2. The lowest BCUT2D eigenvalue weighted by Crippen LogP contribution is -2.33. The van der Waals surface area contributed by atoms with E-state index in [1.54, 1.807) is 0 Å². The van der Waals surface area contributed by atoms with Gasteiger partial charge in [0.25, 0.3) is 0 Å². The zero-order valence-corrected chi connectivity index (χ0v) is 13.4.